The Morgan fingerprint density at radius 1 is 1.62 bits per heavy atom. The first kappa shape index (κ1) is 15.3. The highest BCUT2D eigenvalue weighted by Gasteiger charge is 2.15. The molecule has 1 amide bonds. The maximum absolute atomic E-state index is 11.8. The topological polar surface area (TPSA) is 68.0 Å². The molecule has 1 aromatic rings. The van der Waals surface area contributed by atoms with E-state index < -0.39 is 0 Å². The Labute approximate surface area is 106 Å². The molecule has 0 saturated carbocycles. The maximum Gasteiger partial charge on any atom is 0.263 e. The van der Waals surface area contributed by atoms with E-state index in [0.717, 1.165) is 17.1 Å². The van der Waals surface area contributed by atoms with E-state index in [4.69, 9.17) is 5.73 Å². The summed E-state index contributed by atoms with van der Waals surface area (Å²) in [5, 5.41) is 3.83. The average Bonchev–Trinajstić information content (AvgIpc) is 2.59. The number of hydrogen-bond acceptors (Lipinski definition) is 4. The van der Waals surface area contributed by atoms with Gasteiger partial charge in [-0.2, -0.15) is 0 Å². The number of carbonyl (C=O) groups is 1. The second-order valence-corrected chi connectivity index (χ2v) is 4.57. The summed E-state index contributed by atoms with van der Waals surface area (Å²) in [6.45, 7) is 6.22. The third kappa shape index (κ3) is 3.73. The summed E-state index contributed by atoms with van der Waals surface area (Å²) >= 11 is 1.46. The van der Waals surface area contributed by atoms with Crippen LogP contribution in [-0.2, 0) is 6.42 Å². The zero-order valence-electron chi connectivity index (χ0n) is 9.74. The van der Waals surface area contributed by atoms with Crippen LogP contribution in [0.2, 0.25) is 0 Å². The molecule has 0 saturated heterocycles. The molecular formula is C10H18ClN3OS. The van der Waals surface area contributed by atoms with Crippen molar-refractivity contribution >= 4 is 29.7 Å². The van der Waals surface area contributed by atoms with Gasteiger partial charge in [0, 0.05) is 12.6 Å². The summed E-state index contributed by atoms with van der Waals surface area (Å²) in [4.78, 5) is 16.8. The highest BCUT2D eigenvalue weighted by molar-refractivity contribution is 7.13. The van der Waals surface area contributed by atoms with Crippen molar-refractivity contribution in [1.29, 1.82) is 0 Å². The Balaban J connectivity index is 0.00000225. The molecule has 16 heavy (non-hydrogen) atoms. The van der Waals surface area contributed by atoms with Crippen LogP contribution in [0.4, 0.5) is 0 Å². The van der Waals surface area contributed by atoms with Gasteiger partial charge in [-0.3, -0.25) is 4.79 Å². The predicted molar refractivity (Wildman–Crippen MR) is 69.5 cm³/mol. The fourth-order valence-corrected chi connectivity index (χ4v) is 2.07. The number of nitrogens with one attached hydrogen (secondary N) is 1. The maximum atomic E-state index is 11.8. The van der Waals surface area contributed by atoms with Crippen LogP contribution in [0, 0.1) is 6.92 Å². The number of hydrogen-bond donors (Lipinski definition) is 2. The van der Waals surface area contributed by atoms with Gasteiger partial charge in [0.1, 0.15) is 4.88 Å². The monoisotopic (exact) mass is 263 g/mol. The van der Waals surface area contributed by atoms with E-state index in [1.165, 1.54) is 11.3 Å². The zero-order valence-corrected chi connectivity index (χ0v) is 11.4. The van der Waals surface area contributed by atoms with Crippen LogP contribution in [0.3, 0.4) is 0 Å². The van der Waals surface area contributed by atoms with Crippen molar-refractivity contribution in [3.63, 3.8) is 0 Å². The quantitative estimate of drug-likeness (QED) is 0.865. The van der Waals surface area contributed by atoms with Gasteiger partial charge in [0.25, 0.3) is 5.91 Å². The van der Waals surface area contributed by atoms with Crippen LogP contribution in [-0.4, -0.2) is 23.5 Å². The molecule has 1 atom stereocenters. The second-order valence-electron chi connectivity index (χ2n) is 3.49. The lowest BCUT2D eigenvalue weighted by molar-refractivity contribution is 0.0944. The summed E-state index contributed by atoms with van der Waals surface area (Å²) in [7, 11) is 0. The Kier molecular flexibility index (Phi) is 6.55. The third-order valence-electron chi connectivity index (χ3n) is 2.08. The molecule has 1 aromatic heterocycles. The highest BCUT2D eigenvalue weighted by Crippen LogP contribution is 2.18. The van der Waals surface area contributed by atoms with E-state index in [9.17, 15) is 4.79 Å². The first-order valence-electron chi connectivity index (χ1n) is 5.05. The number of nitrogens with zero attached hydrogens (tertiary/aromatic N) is 1. The number of thiazole rings is 1. The van der Waals surface area contributed by atoms with E-state index in [-0.39, 0.29) is 24.4 Å². The summed E-state index contributed by atoms with van der Waals surface area (Å²) in [6.07, 6.45) is 0.866. The van der Waals surface area contributed by atoms with E-state index in [1.54, 1.807) is 0 Å². The van der Waals surface area contributed by atoms with Gasteiger partial charge in [-0.15, -0.1) is 23.7 Å². The van der Waals surface area contributed by atoms with Crippen molar-refractivity contribution in [2.45, 2.75) is 33.2 Å². The molecule has 1 heterocycles. The zero-order chi connectivity index (χ0) is 11.4. The van der Waals surface area contributed by atoms with Crippen molar-refractivity contribution in [3.05, 3.63) is 15.6 Å². The average molecular weight is 264 g/mol. The first-order chi connectivity index (χ1) is 7.08. The molecule has 0 aromatic carbocycles. The lowest BCUT2D eigenvalue weighted by atomic mass is 10.3. The summed E-state index contributed by atoms with van der Waals surface area (Å²) in [6, 6.07) is 0.00377. The van der Waals surface area contributed by atoms with Crippen molar-refractivity contribution in [3.8, 4) is 0 Å². The predicted octanol–water partition coefficient (Wildman–Crippen LogP) is 1.51. The molecule has 0 bridgehead atoms. The first-order valence-corrected chi connectivity index (χ1v) is 5.87. The highest BCUT2D eigenvalue weighted by atomic mass is 35.5. The fraction of sp³-hybridized carbons (Fsp3) is 0.600. The van der Waals surface area contributed by atoms with Crippen LogP contribution in [0.15, 0.2) is 0 Å². The molecule has 0 aliphatic carbocycles. The number of aromatic nitrogens is 1. The normalized spacial score (nSPS) is 11.8. The van der Waals surface area contributed by atoms with Gasteiger partial charge in [0.15, 0.2) is 0 Å². The number of aryl methyl sites for hydroxylation is 2. The van der Waals surface area contributed by atoms with Gasteiger partial charge < -0.3 is 11.1 Å². The Morgan fingerprint density at radius 2 is 2.25 bits per heavy atom. The molecule has 0 aliphatic heterocycles. The van der Waals surface area contributed by atoms with Crippen LogP contribution in [0.5, 0.6) is 0 Å². The van der Waals surface area contributed by atoms with Gasteiger partial charge in [-0.25, -0.2) is 4.98 Å². The number of carbonyl (C=O) groups excluding carboxylic acids is 1. The summed E-state index contributed by atoms with van der Waals surface area (Å²) < 4.78 is 0. The van der Waals surface area contributed by atoms with Crippen LogP contribution in [0.25, 0.3) is 0 Å². The Hall–Kier alpha value is -0.650. The van der Waals surface area contributed by atoms with Crippen LogP contribution >= 0.6 is 23.7 Å². The summed E-state index contributed by atoms with van der Waals surface area (Å²) in [5.74, 6) is -0.0670. The van der Waals surface area contributed by atoms with Gasteiger partial charge in [0.2, 0.25) is 0 Å². The molecule has 3 N–H and O–H groups in total. The fourth-order valence-electron chi connectivity index (χ4n) is 1.16. The van der Waals surface area contributed by atoms with Crippen LogP contribution < -0.4 is 11.1 Å². The minimum atomic E-state index is -0.0670. The molecule has 92 valence electrons. The van der Waals surface area contributed by atoms with E-state index in [1.807, 2.05) is 20.8 Å². The lowest BCUT2D eigenvalue weighted by Crippen LogP contribution is -2.37. The molecule has 4 nitrogen and oxygen atoms in total. The lowest BCUT2D eigenvalue weighted by Gasteiger charge is -2.09. The van der Waals surface area contributed by atoms with Gasteiger partial charge in [-0.1, -0.05) is 6.92 Å². The van der Waals surface area contributed by atoms with Gasteiger partial charge in [-0.05, 0) is 20.3 Å². The number of rotatable bonds is 4. The molecule has 6 heteroatoms. The van der Waals surface area contributed by atoms with E-state index >= 15 is 0 Å². The number of nitrogens with two attached hydrogens (primary N) is 1. The van der Waals surface area contributed by atoms with Gasteiger partial charge >= 0.3 is 0 Å². The van der Waals surface area contributed by atoms with Crippen molar-refractivity contribution in [2.75, 3.05) is 6.54 Å². The van der Waals surface area contributed by atoms with Crippen molar-refractivity contribution in [1.82, 2.24) is 10.3 Å². The molecule has 0 fully saturated rings. The number of halogens is 1. The molecule has 0 unspecified atom stereocenters. The van der Waals surface area contributed by atoms with Crippen LogP contribution in [0.1, 0.15) is 34.2 Å². The second kappa shape index (κ2) is 6.83. The van der Waals surface area contributed by atoms with E-state index in [2.05, 4.69) is 10.3 Å². The molecular weight excluding hydrogens is 246 g/mol. The molecule has 0 aliphatic rings. The largest absolute Gasteiger partial charge is 0.348 e. The van der Waals surface area contributed by atoms with Crippen molar-refractivity contribution in [2.24, 2.45) is 5.73 Å². The molecule has 1 rings (SSSR count). The third-order valence-corrected chi connectivity index (χ3v) is 3.38. The Bertz CT molecular complexity index is 354. The minimum absolute atomic E-state index is 0. The Morgan fingerprint density at radius 3 is 2.69 bits per heavy atom. The van der Waals surface area contributed by atoms with E-state index in [0.29, 0.717) is 11.4 Å². The molecule has 0 radical (unpaired) electrons. The summed E-state index contributed by atoms with van der Waals surface area (Å²) in [5.41, 5.74) is 6.25. The number of amides is 1. The smallest absolute Gasteiger partial charge is 0.263 e. The standard InChI is InChI=1S/C10H17N3OS.ClH/c1-4-8-13-7(3)9(15-8)10(14)12-6(2)5-11;/h6H,4-5,11H2,1-3H3,(H,12,14);1H/t6-;/m0./s1. The van der Waals surface area contributed by atoms with Gasteiger partial charge in [0.05, 0.1) is 10.7 Å². The molecule has 0 spiro atoms. The van der Waals surface area contributed by atoms with Crippen molar-refractivity contribution < 1.29 is 4.79 Å². The SMILES string of the molecule is CCc1nc(C)c(C(=O)N[C@@H](C)CN)s1.Cl. The minimum Gasteiger partial charge on any atom is -0.348 e.